The summed E-state index contributed by atoms with van der Waals surface area (Å²) in [6, 6.07) is 6.92. The Balaban J connectivity index is 1.86. The van der Waals surface area contributed by atoms with Crippen LogP contribution in [0.5, 0.6) is 0 Å². The molecule has 2 aromatic rings. The molecule has 9 nitrogen and oxygen atoms in total. The number of fused-ring (bicyclic) bond motifs is 1. The summed E-state index contributed by atoms with van der Waals surface area (Å²) in [5.74, 6) is 1.12. The fourth-order valence-corrected chi connectivity index (χ4v) is 6.15. The van der Waals surface area contributed by atoms with Crippen LogP contribution in [0.2, 0.25) is 0 Å². The number of rotatable bonds is 3. The Hall–Kier alpha value is -2.72. The number of carbonyl (C=O) groups is 1. The van der Waals surface area contributed by atoms with E-state index in [0.29, 0.717) is 48.3 Å². The number of aromatic nitrogens is 2. The summed E-state index contributed by atoms with van der Waals surface area (Å²) in [5.41, 5.74) is 2.61. The van der Waals surface area contributed by atoms with Gasteiger partial charge in [0.15, 0.2) is 15.7 Å². The second kappa shape index (κ2) is 8.00. The zero-order valence-corrected chi connectivity index (χ0v) is 19.8. The molecule has 2 amide bonds. The van der Waals surface area contributed by atoms with Gasteiger partial charge in [-0.3, -0.25) is 0 Å². The van der Waals surface area contributed by atoms with E-state index in [4.69, 9.17) is 14.7 Å². The van der Waals surface area contributed by atoms with E-state index in [9.17, 15) is 13.2 Å². The van der Waals surface area contributed by atoms with Crippen LogP contribution in [-0.4, -0.2) is 57.3 Å². The quantitative estimate of drug-likeness (QED) is 0.725. The first-order valence-electron chi connectivity index (χ1n) is 10.7. The van der Waals surface area contributed by atoms with Crippen LogP contribution in [0.4, 0.5) is 16.3 Å². The maximum absolute atomic E-state index is 13.3. The Morgan fingerprint density at radius 3 is 2.50 bits per heavy atom. The first-order chi connectivity index (χ1) is 15.1. The summed E-state index contributed by atoms with van der Waals surface area (Å²) in [5, 5.41) is 4.54. The Labute approximate surface area is 188 Å². The van der Waals surface area contributed by atoms with Gasteiger partial charge in [-0.05, 0) is 52.0 Å². The minimum atomic E-state index is -3.48. The van der Waals surface area contributed by atoms with Gasteiger partial charge in [-0.1, -0.05) is 0 Å². The molecular weight excluding hydrogens is 430 g/mol. The minimum absolute atomic E-state index is 0.0633. The Bertz CT molecular complexity index is 1150. The van der Waals surface area contributed by atoms with Gasteiger partial charge in [-0.2, -0.15) is 0 Å². The molecule has 1 fully saturated rings. The van der Waals surface area contributed by atoms with E-state index in [-0.39, 0.29) is 12.1 Å². The summed E-state index contributed by atoms with van der Waals surface area (Å²) >= 11 is 0. The monoisotopic (exact) mass is 459 g/mol. The third-order valence-corrected chi connectivity index (χ3v) is 9.13. The molecule has 10 heteroatoms. The highest BCUT2D eigenvalue weighted by molar-refractivity contribution is 7.92. The molecule has 0 radical (unpaired) electrons. The highest BCUT2D eigenvalue weighted by Crippen LogP contribution is 2.51. The van der Waals surface area contributed by atoms with Crippen molar-refractivity contribution in [3.8, 4) is 11.4 Å². The highest BCUT2D eigenvalue weighted by atomic mass is 32.2. The standard InChI is InChI=1S/C22H29N5O4S/c1-13-12-31-11-10-27(13)20-17-14(2)32(29,30)22(3,4)18(17)25-19(26-20)15-6-8-16(9-7-15)24-21(28)23-5/h6-9,13-14H,10-12H2,1-5H3,(H2,23,24,28). The molecule has 2 N–H and O–H groups in total. The van der Waals surface area contributed by atoms with Crippen molar-refractivity contribution in [3.05, 3.63) is 35.5 Å². The molecule has 0 spiro atoms. The number of urea groups is 1. The van der Waals surface area contributed by atoms with E-state index >= 15 is 0 Å². The van der Waals surface area contributed by atoms with Gasteiger partial charge in [0.05, 0.1) is 30.2 Å². The summed E-state index contributed by atoms with van der Waals surface area (Å²) in [6.07, 6.45) is 0. The fraction of sp³-hybridized carbons (Fsp3) is 0.500. The van der Waals surface area contributed by atoms with Gasteiger partial charge >= 0.3 is 6.03 Å². The number of carbonyl (C=O) groups excluding carboxylic acids is 1. The lowest BCUT2D eigenvalue weighted by Crippen LogP contribution is -2.44. The summed E-state index contributed by atoms with van der Waals surface area (Å²) < 4.78 is 31.0. The van der Waals surface area contributed by atoms with Crippen LogP contribution in [0, 0.1) is 0 Å². The molecule has 2 atom stereocenters. The van der Waals surface area contributed by atoms with Crippen LogP contribution in [0.15, 0.2) is 24.3 Å². The zero-order valence-electron chi connectivity index (χ0n) is 19.0. The summed E-state index contributed by atoms with van der Waals surface area (Å²) in [6.45, 7) is 8.94. The van der Waals surface area contributed by atoms with E-state index in [0.717, 1.165) is 5.56 Å². The third kappa shape index (κ3) is 3.51. The van der Waals surface area contributed by atoms with Crippen molar-refractivity contribution >= 4 is 27.4 Å². The predicted molar refractivity (Wildman–Crippen MR) is 124 cm³/mol. The highest BCUT2D eigenvalue weighted by Gasteiger charge is 2.53. The lowest BCUT2D eigenvalue weighted by atomic mass is 10.0. The van der Waals surface area contributed by atoms with Gasteiger partial charge in [-0.25, -0.2) is 23.2 Å². The number of hydrogen-bond donors (Lipinski definition) is 2. The molecule has 32 heavy (non-hydrogen) atoms. The van der Waals surface area contributed by atoms with E-state index in [1.807, 2.05) is 19.1 Å². The van der Waals surface area contributed by atoms with E-state index in [1.54, 1.807) is 40.0 Å². The smallest absolute Gasteiger partial charge is 0.318 e. The van der Waals surface area contributed by atoms with E-state index < -0.39 is 19.8 Å². The molecule has 1 saturated heterocycles. The Morgan fingerprint density at radius 1 is 1.19 bits per heavy atom. The first kappa shape index (κ1) is 22.5. The number of nitrogens with zero attached hydrogens (tertiary/aromatic N) is 3. The molecule has 3 heterocycles. The average molecular weight is 460 g/mol. The third-order valence-electron chi connectivity index (χ3n) is 6.35. The summed E-state index contributed by atoms with van der Waals surface area (Å²) in [4.78, 5) is 23.3. The molecule has 0 bridgehead atoms. The molecule has 1 aromatic carbocycles. The number of amides is 2. The van der Waals surface area contributed by atoms with Crippen molar-refractivity contribution in [2.24, 2.45) is 0 Å². The average Bonchev–Trinajstić information content (AvgIpc) is 2.91. The largest absolute Gasteiger partial charge is 0.377 e. The van der Waals surface area contributed by atoms with E-state index in [2.05, 4.69) is 15.5 Å². The molecule has 4 rings (SSSR count). The van der Waals surface area contributed by atoms with Crippen LogP contribution in [0.1, 0.15) is 44.2 Å². The van der Waals surface area contributed by atoms with Crippen molar-refractivity contribution in [2.45, 2.75) is 43.7 Å². The van der Waals surface area contributed by atoms with Gasteiger partial charge < -0.3 is 20.3 Å². The predicted octanol–water partition coefficient (Wildman–Crippen LogP) is 2.84. The molecule has 0 saturated carbocycles. The van der Waals surface area contributed by atoms with Crippen LogP contribution in [0.25, 0.3) is 11.4 Å². The van der Waals surface area contributed by atoms with Gasteiger partial charge in [-0.15, -0.1) is 0 Å². The van der Waals surface area contributed by atoms with Crippen molar-refractivity contribution in [2.75, 3.05) is 37.0 Å². The lowest BCUT2D eigenvalue weighted by Gasteiger charge is -2.36. The number of nitrogens with one attached hydrogen (secondary N) is 2. The van der Waals surface area contributed by atoms with Crippen molar-refractivity contribution in [1.29, 1.82) is 0 Å². The van der Waals surface area contributed by atoms with Crippen molar-refractivity contribution in [1.82, 2.24) is 15.3 Å². The lowest BCUT2D eigenvalue weighted by molar-refractivity contribution is 0.0984. The molecule has 1 aromatic heterocycles. The Kier molecular flexibility index (Phi) is 5.62. The number of sulfone groups is 1. The Morgan fingerprint density at radius 2 is 1.88 bits per heavy atom. The fourth-order valence-electron chi connectivity index (χ4n) is 4.31. The van der Waals surface area contributed by atoms with Crippen molar-refractivity contribution in [3.63, 3.8) is 0 Å². The molecule has 0 aliphatic carbocycles. The SMILES string of the molecule is CNC(=O)Nc1ccc(-c2nc(N3CCOCC3C)c3c(n2)C(C)(C)S(=O)(=O)C3C)cc1. The normalized spacial score (nSPS) is 23.5. The number of benzene rings is 1. The number of morpholine rings is 1. The van der Waals surface area contributed by atoms with Crippen LogP contribution >= 0.6 is 0 Å². The molecule has 2 unspecified atom stereocenters. The minimum Gasteiger partial charge on any atom is -0.377 e. The van der Waals surface area contributed by atoms with Gasteiger partial charge in [0, 0.05) is 30.4 Å². The second-order valence-corrected chi connectivity index (χ2v) is 11.5. The zero-order chi connectivity index (χ0) is 23.3. The summed E-state index contributed by atoms with van der Waals surface area (Å²) in [7, 11) is -1.93. The van der Waals surface area contributed by atoms with Crippen molar-refractivity contribution < 1.29 is 17.9 Å². The molecular formula is C22H29N5O4S. The number of hydrogen-bond acceptors (Lipinski definition) is 7. The number of ether oxygens (including phenoxy) is 1. The van der Waals surface area contributed by atoms with Gasteiger partial charge in [0.25, 0.3) is 0 Å². The van der Waals surface area contributed by atoms with E-state index in [1.165, 1.54) is 0 Å². The van der Waals surface area contributed by atoms with Crippen LogP contribution in [-0.2, 0) is 19.3 Å². The maximum atomic E-state index is 13.3. The van der Waals surface area contributed by atoms with Crippen LogP contribution < -0.4 is 15.5 Å². The molecule has 172 valence electrons. The first-order valence-corrected chi connectivity index (χ1v) is 12.2. The van der Waals surface area contributed by atoms with Crippen LogP contribution in [0.3, 0.4) is 0 Å². The van der Waals surface area contributed by atoms with Gasteiger partial charge in [0.2, 0.25) is 0 Å². The molecule has 2 aliphatic heterocycles. The second-order valence-electron chi connectivity index (χ2n) is 8.73. The maximum Gasteiger partial charge on any atom is 0.318 e. The molecule has 2 aliphatic rings. The number of anilines is 2. The topological polar surface area (TPSA) is 114 Å². The van der Waals surface area contributed by atoms with Gasteiger partial charge in [0.1, 0.15) is 10.6 Å².